The van der Waals surface area contributed by atoms with Crippen molar-refractivity contribution in [3.05, 3.63) is 65.6 Å². The van der Waals surface area contributed by atoms with Gasteiger partial charge in [-0.2, -0.15) is 0 Å². The van der Waals surface area contributed by atoms with Crippen LogP contribution in [0.25, 0.3) is 0 Å². The lowest BCUT2D eigenvalue weighted by Gasteiger charge is -2.08. The number of halogens is 1. The molecule has 120 valence electrons. The molecule has 0 saturated carbocycles. The van der Waals surface area contributed by atoms with E-state index in [0.717, 1.165) is 0 Å². The van der Waals surface area contributed by atoms with Crippen LogP contribution in [0.15, 0.2) is 48.7 Å². The van der Waals surface area contributed by atoms with Crippen LogP contribution in [0.1, 0.15) is 15.9 Å². The van der Waals surface area contributed by atoms with Gasteiger partial charge in [-0.1, -0.05) is 6.07 Å². The fourth-order valence-corrected chi connectivity index (χ4v) is 2.06. The summed E-state index contributed by atoms with van der Waals surface area (Å²) in [6.07, 6.45) is 2.87. The quantitative estimate of drug-likeness (QED) is 0.647. The van der Waals surface area contributed by atoms with E-state index in [0.29, 0.717) is 28.3 Å². The van der Waals surface area contributed by atoms with E-state index in [1.54, 1.807) is 37.3 Å². The summed E-state index contributed by atoms with van der Waals surface area (Å²) in [7, 11) is 3.04. The van der Waals surface area contributed by atoms with E-state index in [4.69, 9.17) is 9.47 Å². The van der Waals surface area contributed by atoms with E-state index in [2.05, 4.69) is 5.32 Å². The number of nitrogens with one attached hydrogen (secondary N) is 1. The molecule has 0 bridgehead atoms. The minimum absolute atomic E-state index is 0.201. The van der Waals surface area contributed by atoms with Crippen LogP contribution < -0.4 is 14.8 Å². The van der Waals surface area contributed by atoms with Gasteiger partial charge in [0.1, 0.15) is 5.82 Å². The van der Waals surface area contributed by atoms with E-state index in [9.17, 15) is 9.18 Å². The molecule has 2 aromatic rings. The Morgan fingerprint density at radius 2 is 1.87 bits per heavy atom. The van der Waals surface area contributed by atoms with Gasteiger partial charge in [-0.15, -0.1) is 0 Å². The fourth-order valence-electron chi connectivity index (χ4n) is 2.06. The predicted octanol–water partition coefficient (Wildman–Crippen LogP) is 3.96. The van der Waals surface area contributed by atoms with E-state index in [1.807, 2.05) is 0 Å². The first kappa shape index (κ1) is 16.5. The Morgan fingerprint density at radius 1 is 1.13 bits per heavy atom. The molecule has 1 N–H and O–H groups in total. The molecule has 0 saturated heterocycles. The van der Waals surface area contributed by atoms with Crippen molar-refractivity contribution in [2.45, 2.75) is 6.92 Å². The third-order valence-electron chi connectivity index (χ3n) is 3.41. The molecule has 0 unspecified atom stereocenters. The highest BCUT2D eigenvalue weighted by Crippen LogP contribution is 2.27. The van der Waals surface area contributed by atoms with Gasteiger partial charge in [0.2, 0.25) is 0 Å². The molecular formula is C18H18FNO3. The molecule has 0 aliphatic carbocycles. The van der Waals surface area contributed by atoms with Crippen LogP contribution in [0.3, 0.4) is 0 Å². The highest BCUT2D eigenvalue weighted by molar-refractivity contribution is 6.05. The third-order valence-corrected chi connectivity index (χ3v) is 3.41. The summed E-state index contributed by atoms with van der Waals surface area (Å²) >= 11 is 0. The van der Waals surface area contributed by atoms with Gasteiger partial charge in [-0.3, -0.25) is 4.79 Å². The number of methoxy groups -OCH3 is 2. The van der Waals surface area contributed by atoms with Crippen LogP contribution >= 0.6 is 0 Å². The molecule has 0 amide bonds. The van der Waals surface area contributed by atoms with Gasteiger partial charge in [-0.05, 0) is 37.3 Å². The lowest BCUT2D eigenvalue weighted by atomic mass is 10.1. The highest BCUT2D eigenvalue weighted by Gasteiger charge is 2.08. The molecule has 4 nitrogen and oxygen atoms in total. The Hall–Kier alpha value is -2.82. The molecule has 2 aromatic carbocycles. The number of allylic oxidation sites excluding steroid dienone is 1. The van der Waals surface area contributed by atoms with Crippen LogP contribution in [0.2, 0.25) is 0 Å². The number of rotatable bonds is 6. The monoisotopic (exact) mass is 315 g/mol. The molecule has 0 atom stereocenters. The zero-order valence-electron chi connectivity index (χ0n) is 13.2. The molecule has 2 rings (SSSR count). The Morgan fingerprint density at radius 3 is 2.57 bits per heavy atom. The molecule has 0 aliphatic rings. The summed E-state index contributed by atoms with van der Waals surface area (Å²) in [4.78, 5) is 12.2. The van der Waals surface area contributed by atoms with E-state index in [-0.39, 0.29) is 11.6 Å². The van der Waals surface area contributed by atoms with Crippen LogP contribution in [0.5, 0.6) is 11.5 Å². The van der Waals surface area contributed by atoms with Crippen molar-refractivity contribution in [2.75, 3.05) is 19.5 Å². The van der Waals surface area contributed by atoms with Gasteiger partial charge in [-0.25, -0.2) is 4.39 Å². The number of anilines is 1. The van der Waals surface area contributed by atoms with Crippen LogP contribution in [0, 0.1) is 12.7 Å². The van der Waals surface area contributed by atoms with Gasteiger partial charge in [0.05, 0.1) is 14.2 Å². The molecule has 0 aliphatic heterocycles. The van der Waals surface area contributed by atoms with Gasteiger partial charge >= 0.3 is 0 Å². The maximum Gasteiger partial charge on any atom is 0.187 e. The van der Waals surface area contributed by atoms with Crippen LogP contribution in [-0.2, 0) is 0 Å². The van der Waals surface area contributed by atoms with Crippen molar-refractivity contribution in [1.29, 1.82) is 0 Å². The van der Waals surface area contributed by atoms with Gasteiger partial charge in [0, 0.05) is 29.1 Å². The van der Waals surface area contributed by atoms with E-state index >= 15 is 0 Å². The molecule has 0 radical (unpaired) electrons. The number of carbonyl (C=O) groups excluding carboxylic acids is 1. The Labute approximate surface area is 134 Å². The fraction of sp³-hybridized carbons (Fsp3) is 0.167. The summed E-state index contributed by atoms with van der Waals surface area (Å²) in [5.74, 6) is 0.546. The number of hydrogen-bond acceptors (Lipinski definition) is 4. The largest absolute Gasteiger partial charge is 0.493 e. The Kier molecular flexibility index (Phi) is 5.36. The first-order chi connectivity index (χ1) is 11.1. The first-order valence-electron chi connectivity index (χ1n) is 7.01. The lowest BCUT2D eigenvalue weighted by Crippen LogP contribution is -1.99. The number of hydrogen-bond donors (Lipinski definition) is 1. The molecular weight excluding hydrogens is 297 g/mol. The molecule has 5 heteroatoms. The Balaban J connectivity index is 2.11. The summed E-state index contributed by atoms with van der Waals surface area (Å²) in [5, 5.41) is 2.91. The standard InChI is InChI=1S/C18H18FNO3/c1-12-14(19)5-4-6-15(12)20-10-9-16(21)13-7-8-17(22-2)18(11-13)23-3/h4-11,20H,1-3H3. The average Bonchev–Trinajstić information content (AvgIpc) is 2.57. The van der Waals surface area contributed by atoms with Crippen molar-refractivity contribution in [3.63, 3.8) is 0 Å². The smallest absolute Gasteiger partial charge is 0.187 e. The highest BCUT2D eigenvalue weighted by atomic mass is 19.1. The van der Waals surface area contributed by atoms with Gasteiger partial charge in [0.15, 0.2) is 17.3 Å². The molecule has 0 heterocycles. The molecule has 0 spiro atoms. The average molecular weight is 315 g/mol. The summed E-state index contributed by atoms with van der Waals surface area (Å²) < 4.78 is 23.7. The maximum atomic E-state index is 13.4. The molecule has 23 heavy (non-hydrogen) atoms. The minimum Gasteiger partial charge on any atom is -0.493 e. The van der Waals surface area contributed by atoms with Crippen LogP contribution in [-0.4, -0.2) is 20.0 Å². The summed E-state index contributed by atoms with van der Waals surface area (Å²) in [6, 6.07) is 9.67. The summed E-state index contributed by atoms with van der Waals surface area (Å²) in [6.45, 7) is 1.67. The number of ketones is 1. The number of benzene rings is 2. The lowest BCUT2D eigenvalue weighted by molar-refractivity contribution is 0.104. The van der Waals surface area contributed by atoms with Crippen LogP contribution in [0.4, 0.5) is 10.1 Å². The van der Waals surface area contributed by atoms with Crippen molar-refractivity contribution >= 4 is 11.5 Å². The zero-order chi connectivity index (χ0) is 16.8. The normalized spacial score (nSPS) is 10.6. The maximum absolute atomic E-state index is 13.4. The summed E-state index contributed by atoms with van der Waals surface area (Å²) in [5.41, 5.74) is 1.58. The molecule has 0 aromatic heterocycles. The minimum atomic E-state index is -0.297. The first-order valence-corrected chi connectivity index (χ1v) is 7.01. The predicted molar refractivity (Wildman–Crippen MR) is 87.8 cm³/mol. The second-order valence-electron chi connectivity index (χ2n) is 4.82. The number of carbonyl (C=O) groups is 1. The topological polar surface area (TPSA) is 47.6 Å². The van der Waals surface area contributed by atoms with E-state index in [1.165, 1.54) is 32.6 Å². The Bertz CT molecular complexity index is 741. The van der Waals surface area contributed by atoms with Crippen molar-refractivity contribution in [1.82, 2.24) is 0 Å². The zero-order valence-corrected chi connectivity index (χ0v) is 13.2. The number of ether oxygens (including phenoxy) is 2. The third kappa shape index (κ3) is 3.88. The molecule has 0 fully saturated rings. The van der Waals surface area contributed by atoms with Crippen molar-refractivity contribution in [3.8, 4) is 11.5 Å². The van der Waals surface area contributed by atoms with Gasteiger partial charge < -0.3 is 14.8 Å². The van der Waals surface area contributed by atoms with Crippen molar-refractivity contribution in [2.24, 2.45) is 0 Å². The second kappa shape index (κ2) is 7.45. The van der Waals surface area contributed by atoms with Crippen molar-refractivity contribution < 1.29 is 18.7 Å². The van der Waals surface area contributed by atoms with Gasteiger partial charge in [0.25, 0.3) is 0 Å². The SMILES string of the molecule is COc1ccc(C(=O)C=CNc2cccc(F)c2C)cc1OC. The van der Waals surface area contributed by atoms with E-state index < -0.39 is 0 Å². The second-order valence-corrected chi connectivity index (χ2v) is 4.82.